The largest absolute Gasteiger partial charge is 0.468 e. The summed E-state index contributed by atoms with van der Waals surface area (Å²) in [7, 11) is -2.98. The van der Waals surface area contributed by atoms with Gasteiger partial charge in [-0.1, -0.05) is 11.6 Å². The second kappa shape index (κ2) is 6.94. The van der Waals surface area contributed by atoms with E-state index in [0.29, 0.717) is 5.56 Å². The van der Waals surface area contributed by atoms with Gasteiger partial charge in [-0.15, -0.1) is 0 Å². The molecule has 24 heavy (non-hydrogen) atoms. The van der Waals surface area contributed by atoms with Crippen molar-refractivity contribution in [2.75, 3.05) is 18.4 Å². The summed E-state index contributed by atoms with van der Waals surface area (Å²) in [6.07, 6.45) is -1.00. The Balaban J connectivity index is 2.33. The first-order chi connectivity index (χ1) is 11.2. The number of carbonyl (C=O) groups is 1. The lowest BCUT2D eigenvalue weighted by Crippen LogP contribution is -2.44. The first kappa shape index (κ1) is 18.5. The second-order valence-corrected chi connectivity index (χ2v) is 7.32. The first-order valence-electron chi connectivity index (χ1n) is 6.96. The van der Waals surface area contributed by atoms with Crippen molar-refractivity contribution >= 4 is 33.5 Å². The van der Waals surface area contributed by atoms with E-state index in [1.165, 1.54) is 12.1 Å². The van der Waals surface area contributed by atoms with Gasteiger partial charge >= 0.3 is 16.2 Å². The standard InChI is InChI=1S/C14H16ClN3O5S/c1-8-11(4-3-9(6-16)13(8)15)17-24(21,22)18-7-10(19)5-12(18)14(20)23-2/h3-4,10,12,17,19H,5,7H2,1-2H3/t10-,12?/m0/s1. The molecule has 0 saturated carbocycles. The number of nitrogens with zero attached hydrogens (tertiary/aromatic N) is 2. The molecule has 0 aromatic heterocycles. The number of anilines is 1. The average Bonchev–Trinajstić information content (AvgIpc) is 2.94. The SMILES string of the molecule is COC(=O)C1C[C@H](O)CN1S(=O)(=O)Nc1ccc(C#N)c(Cl)c1C. The van der Waals surface area contributed by atoms with Gasteiger partial charge in [0.05, 0.1) is 29.5 Å². The first-order valence-corrected chi connectivity index (χ1v) is 8.77. The number of ether oxygens (including phenoxy) is 1. The van der Waals surface area contributed by atoms with Crippen LogP contribution in [0.25, 0.3) is 0 Å². The van der Waals surface area contributed by atoms with Crippen molar-refractivity contribution in [2.45, 2.75) is 25.5 Å². The molecular formula is C14H16ClN3O5S. The Morgan fingerprint density at radius 3 is 2.79 bits per heavy atom. The predicted molar refractivity (Wildman–Crippen MR) is 86.6 cm³/mol. The highest BCUT2D eigenvalue weighted by Gasteiger charge is 2.43. The van der Waals surface area contributed by atoms with E-state index in [0.717, 1.165) is 11.4 Å². The zero-order chi connectivity index (χ0) is 18.1. The van der Waals surface area contributed by atoms with Crippen LogP contribution in [-0.2, 0) is 19.7 Å². The van der Waals surface area contributed by atoms with Crippen LogP contribution in [0.5, 0.6) is 0 Å². The fourth-order valence-corrected chi connectivity index (χ4v) is 4.18. The van der Waals surface area contributed by atoms with E-state index in [9.17, 15) is 18.3 Å². The number of nitrogens with one attached hydrogen (secondary N) is 1. The van der Waals surface area contributed by atoms with E-state index in [2.05, 4.69) is 9.46 Å². The smallest absolute Gasteiger partial charge is 0.324 e. The summed E-state index contributed by atoms with van der Waals surface area (Å²) in [5.41, 5.74) is 0.791. The van der Waals surface area contributed by atoms with Crippen molar-refractivity contribution in [3.63, 3.8) is 0 Å². The molecule has 8 nitrogen and oxygen atoms in total. The third-order valence-corrected chi connectivity index (χ3v) is 5.75. The molecule has 2 rings (SSSR count). The number of rotatable bonds is 4. The third kappa shape index (κ3) is 3.47. The summed E-state index contributed by atoms with van der Waals surface area (Å²) < 4.78 is 33.0. The fourth-order valence-electron chi connectivity index (χ4n) is 2.48. The number of β-amino-alcohol motifs (C(OH)–C–C–N with tert-alkyl or cyclic N) is 1. The molecule has 10 heteroatoms. The molecule has 1 unspecified atom stereocenters. The number of hydrogen-bond acceptors (Lipinski definition) is 6. The number of halogens is 1. The molecule has 2 N–H and O–H groups in total. The van der Waals surface area contributed by atoms with Gasteiger partial charge in [-0.25, -0.2) is 0 Å². The Labute approximate surface area is 144 Å². The van der Waals surface area contributed by atoms with Crippen LogP contribution < -0.4 is 4.72 Å². The maximum Gasteiger partial charge on any atom is 0.324 e. The molecule has 0 spiro atoms. The van der Waals surface area contributed by atoms with Crippen molar-refractivity contribution < 1.29 is 23.1 Å². The molecule has 1 saturated heterocycles. The molecule has 1 aliphatic heterocycles. The minimum absolute atomic E-state index is 0.0410. The fraction of sp³-hybridized carbons (Fsp3) is 0.429. The van der Waals surface area contributed by atoms with Gasteiger partial charge in [0.2, 0.25) is 0 Å². The molecule has 1 aliphatic rings. The highest BCUT2D eigenvalue weighted by Crippen LogP contribution is 2.30. The average molecular weight is 374 g/mol. The van der Waals surface area contributed by atoms with Crippen LogP contribution in [0.4, 0.5) is 5.69 Å². The molecule has 1 aromatic carbocycles. The van der Waals surface area contributed by atoms with Crippen molar-refractivity contribution in [3.05, 3.63) is 28.3 Å². The van der Waals surface area contributed by atoms with Crippen molar-refractivity contribution in [1.82, 2.24) is 4.31 Å². The Morgan fingerprint density at radius 1 is 1.54 bits per heavy atom. The molecular weight excluding hydrogens is 358 g/mol. The van der Waals surface area contributed by atoms with Gasteiger partial charge in [0.25, 0.3) is 0 Å². The minimum Gasteiger partial charge on any atom is -0.468 e. The van der Waals surface area contributed by atoms with Gasteiger partial charge in [0.15, 0.2) is 0 Å². The lowest BCUT2D eigenvalue weighted by molar-refractivity contribution is -0.144. The molecule has 0 amide bonds. The summed E-state index contributed by atoms with van der Waals surface area (Å²) in [4.78, 5) is 11.7. The number of aliphatic hydroxyl groups is 1. The Bertz CT molecular complexity index is 805. The van der Waals surface area contributed by atoms with Crippen LogP contribution in [0.15, 0.2) is 12.1 Å². The monoisotopic (exact) mass is 373 g/mol. The van der Waals surface area contributed by atoms with Crippen LogP contribution in [0.3, 0.4) is 0 Å². The summed E-state index contributed by atoms with van der Waals surface area (Å²) in [5, 5.41) is 18.8. The van der Waals surface area contributed by atoms with E-state index >= 15 is 0 Å². The van der Waals surface area contributed by atoms with Crippen molar-refractivity contribution in [2.24, 2.45) is 0 Å². The molecule has 1 heterocycles. The van der Waals surface area contributed by atoms with Gasteiger partial charge in [-0.3, -0.25) is 9.52 Å². The number of aliphatic hydroxyl groups excluding tert-OH is 1. The van der Waals surface area contributed by atoms with E-state index in [4.69, 9.17) is 16.9 Å². The molecule has 0 bridgehead atoms. The zero-order valence-electron chi connectivity index (χ0n) is 13.0. The van der Waals surface area contributed by atoms with Gasteiger partial charge < -0.3 is 9.84 Å². The molecule has 130 valence electrons. The Morgan fingerprint density at radius 2 is 2.21 bits per heavy atom. The van der Waals surface area contributed by atoms with Gasteiger partial charge in [0, 0.05) is 13.0 Å². The summed E-state index contributed by atoms with van der Waals surface area (Å²) in [5.74, 6) is -0.744. The summed E-state index contributed by atoms with van der Waals surface area (Å²) in [6, 6.07) is 3.61. The number of hydrogen-bond donors (Lipinski definition) is 2. The third-order valence-electron chi connectivity index (χ3n) is 3.76. The number of methoxy groups -OCH3 is 1. The van der Waals surface area contributed by atoms with Crippen LogP contribution in [0.2, 0.25) is 5.02 Å². The van der Waals surface area contributed by atoms with E-state index < -0.39 is 28.3 Å². The number of carbonyl (C=O) groups excluding carboxylic acids is 1. The highest BCUT2D eigenvalue weighted by molar-refractivity contribution is 7.90. The minimum atomic E-state index is -4.13. The predicted octanol–water partition coefficient (Wildman–Crippen LogP) is 0.785. The highest BCUT2D eigenvalue weighted by atomic mass is 35.5. The Hall–Kier alpha value is -1.86. The van der Waals surface area contributed by atoms with Gasteiger partial charge in [-0.2, -0.15) is 18.0 Å². The maximum atomic E-state index is 12.6. The molecule has 2 atom stereocenters. The topological polar surface area (TPSA) is 120 Å². The van der Waals surface area contributed by atoms with E-state index in [-0.39, 0.29) is 29.2 Å². The molecule has 1 aromatic rings. The number of esters is 1. The van der Waals surface area contributed by atoms with Crippen molar-refractivity contribution in [1.29, 1.82) is 5.26 Å². The lowest BCUT2D eigenvalue weighted by Gasteiger charge is -2.23. The van der Waals surface area contributed by atoms with Gasteiger partial charge in [0.1, 0.15) is 12.1 Å². The quantitative estimate of drug-likeness (QED) is 0.753. The van der Waals surface area contributed by atoms with Gasteiger partial charge in [-0.05, 0) is 24.6 Å². The van der Waals surface area contributed by atoms with E-state index in [1.807, 2.05) is 6.07 Å². The van der Waals surface area contributed by atoms with E-state index in [1.54, 1.807) is 6.92 Å². The summed E-state index contributed by atoms with van der Waals surface area (Å²) in [6.45, 7) is 1.34. The summed E-state index contributed by atoms with van der Waals surface area (Å²) >= 11 is 6.03. The lowest BCUT2D eigenvalue weighted by atomic mass is 10.1. The maximum absolute atomic E-state index is 12.6. The van der Waals surface area contributed by atoms with Crippen LogP contribution in [-0.4, -0.2) is 49.6 Å². The number of nitriles is 1. The van der Waals surface area contributed by atoms with Crippen molar-refractivity contribution in [3.8, 4) is 6.07 Å². The molecule has 0 radical (unpaired) electrons. The normalized spacial score (nSPS) is 21.3. The second-order valence-electron chi connectivity index (χ2n) is 5.32. The molecule has 1 fully saturated rings. The van der Waals surface area contributed by atoms with Crippen LogP contribution in [0, 0.1) is 18.3 Å². The molecule has 0 aliphatic carbocycles. The zero-order valence-corrected chi connectivity index (χ0v) is 14.6. The Kier molecular flexibility index (Phi) is 5.35. The van der Waals surface area contributed by atoms with Crippen LogP contribution in [0.1, 0.15) is 17.5 Å². The van der Waals surface area contributed by atoms with Crippen LogP contribution >= 0.6 is 11.6 Å². The number of benzene rings is 1.